The number of carboxylic acid groups (broad SMARTS) is 1. The predicted octanol–water partition coefficient (Wildman–Crippen LogP) is 1.16. The van der Waals surface area contributed by atoms with Gasteiger partial charge in [0.05, 0.1) is 16.9 Å². The summed E-state index contributed by atoms with van der Waals surface area (Å²) in [6.07, 6.45) is 1.63. The number of nitrogens with zero attached hydrogens (tertiary/aromatic N) is 1. The van der Waals surface area contributed by atoms with Crippen LogP contribution in [0.2, 0.25) is 0 Å². The molecule has 0 bridgehead atoms. The minimum absolute atomic E-state index is 0.0502. The molecule has 0 saturated heterocycles. The minimum atomic E-state index is -4.22. The maximum atomic E-state index is 12.2. The number of sulfonamides is 1. The Labute approximate surface area is 135 Å². The van der Waals surface area contributed by atoms with Gasteiger partial charge in [0.15, 0.2) is 0 Å². The van der Waals surface area contributed by atoms with E-state index in [9.17, 15) is 18.0 Å². The topological polar surface area (TPSA) is 144 Å². The first kappa shape index (κ1) is 18.9. The smallest absolute Gasteiger partial charge is 0.335 e. The molecule has 1 rings (SSSR count). The number of carbonyl (C=O) groups excluding carboxylic acids is 1. The lowest BCUT2D eigenvalue weighted by molar-refractivity contribution is -0.118. The number of nitrogens with two attached hydrogens (primary N) is 2. The van der Waals surface area contributed by atoms with E-state index in [0.717, 1.165) is 12.5 Å². The molecule has 0 unspecified atom stereocenters. The number of nitrogen functional groups attached to an aromatic ring is 1. The summed E-state index contributed by atoms with van der Waals surface area (Å²) in [5.41, 5.74) is 5.38. The molecule has 128 valence electrons. The van der Waals surface area contributed by atoms with E-state index >= 15 is 0 Å². The van der Waals surface area contributed by atoms with Gasteiger partial charge in [-0.25, -0.2) is 18.4 Å². The second kappa shape index (κ2) is 7.42. The van der Waals surface area contributed by atoms with E-state index in [1.54, 1.807) is 6.92 Å². The quantitative estimate of drug-likeness (QED) is 0.634. The fourth-order valence-corrected chi connectivity index (χ4v) is 2.78. The normalized spacial score (nSPS) is 11.3. The standard InChI is InChI=1S/C14H21N3O5S/c1-3-5-6-17(12(18)4-2)10-7-9(14(19)20)8-11(13(10)15)23(16,21)22/h7-8H,3-6,15H2,1-2H3,(H,19,20)(H2,16,21,22). The molecule has 0 aliphatic heterocycles. The highest BCUT2D eigenvalue weighted by Crippen LogP contribution is 2.32. The zero-order chi connectivity index (χ0) is 17.8. The number of aromatic carboxylic acids is 1. The van der Waals surface area contributed by atoms with Crippen LogP contribution in [0.15, 0.2) is 17.0 Å². The van der Waals surface area contributed by atoms with Crippen molar-refractivity contribution in [2.75, 3.05) is 17.2 Å². The molecule has 0 aliphatic carbocycles. The van der Waals surface area contributed by atoms with Gasteiger partial charge in [-0.1, -0.05) is 20.3 Å². The van der Waals surface area contributed by atoms with Crippen LogP contribution in [0.1, 0.15) is 43.5 Å². The van der Waals surface area contributed by atoms with Crippen molar-refractivity contribution < 1.29 is 23.1 Å². The third kappa shape index (κ3) is 4.42. The number of carboxylic acids is 1. The molecular weight excluding hydrogens is 322 g/mol. The number of primary sulfonamides is 1. The third-order valence-electron chi connectivity index (χ3n) is 3.30. The molecule has 1 amide bonds. The van der Waals surface area contributed by atoms with Gasteiger partial charge in [0.1, 0.15) is 4.90 Å². The van der Waals surface area contributed by atoms with E-state index in [1.165, 1.54) is 11.0 Å². The number of hydrogen-bond donors (Lipinski definition) is 3. The summed E-state index contributed by atoms with van der Waals surface area (Å²) in [6.45, 7) is 3.89. The van der Waals surface area contributed by atoms with Gasteiger partial charge in [0.2, 0.25) is 15.9 Å². The maximum Gasteiger partial charge on any atom is 0.335 e. The largest absolute Gasteiger partial charge is 0.478 e. The number of carbonyl (C=O) groups is 2. The molecule has 0 radical (unpaired) electrons. The molecule has 0 heterocycles. The second-order valence-corrected chi connectivity index (χ2v) is 6.54. The predicted molar refractivity (Wildman–Crippen MR) is 86.7 cm³/mol. The average molecular weight is 343 g/mol. The molecule has 0 aliphatic rings. The fraction of sp³-hybridized carbons (Fsp3) is 0.429. The van der Waals surface area contributed by atoms with Crippen molar-refractivity contribution in [2.45, 2.75) is 38.0 Å². The number of hydrogen-bond acceptors (Lipinski definition) is 5. The van der Waals surface area contributed by atoms with Crippen LogP contribution in [0, 0.1) is 0 Å². The molecule has 8 nitrogen and oxygen atoms in total. The summed E-state index contributed by atoms with van der Waals surface area (Å²) in [4.78, 5) is 24.2. The first-order valence-corrected chi connectivity index (χ1v) is 8.68. The first-order chi connectivity index (χ1) is 10.6. The van der Waals surface area contributed by atoms with Crippen molar-refractivity contribution in [3.8, 4) is 0 Å². The van der Waals surface area contributed by atoms with Crippen LogP contribution in [-0.4, -0.2) is 31.9 Å². The summed E-state index contributed by atoms with van der Waals surface area (Å²) in [5.74, 6) is -1.62. The monoisotopic (exact) mass is 343 g/mol. The first-order valence-electron chi connectivity index (χ1n) is 7.13. The van der Waals surface area contributed by atoms with Crippen LogP contribution < -0.4 is 15.8 Å². The zero-order valence-electron chi connectivity index (χ0n) is 13.1. The fourth-order valence-electron chi connectivity index (χ4n) is 2.08. The number of anilines is 2. The Morgan fingerprint density at radius 3 is 2.30 bits per heavy atom. The van der Waals surface area contributed by atoms with Crippen LogP contribution in [0.5, 0.6) is 0 Å². The van der Waals surface area contributed by atoms with E-state index < -0.39 is 20.9 Å². The second-order valence-electron chi connectivity index (χ2n) is 5.01. The molecule has 0 fully saturated rings. The van der Waals surface area contributed by atoms with Crippen molar-refractivity contribution in [1.82, 2.24) is 0 Å². The van der Waals surface area contributed by atoms with Crippen LogP contribution in [-0.2, 0) is 14.8 Å². The van der Waals surface area contributed by atoms with Crippen LogP contribution in [0.3, 0.4) is 0 Å². The summed E-state index contributed by atoms with van der Waals surface area (Å²) in [6, 6.07) is 2.08. The highest BCUT2D eigenvalue weighted by atomic mass is 32.2. The highest BCUT2D eigenvalue weighted by Gasteiger charge is 2.24. The van der Waals surface area contributed by atoms with Gasteiger partial charge in [0, 0.05) is 13.0 Å². The maximum absolute atomic E-state index is 12.2. The molecule has 5 N–H and O–H groups in total. The number of benzene rings is 1. The molecule has 1 aromatic rings. The minimum Gasteiger partial charge on any atom is -0.478 e. The molecular formula is C14H21N3O5S. The van der Waals surface area contributed by atoms with E-state index in [4.69, 9.17) is 16.0 Å². The molecule has 9 heteroatoms. The number of rotatable bonds is 7. The van der Waals surface area contributed by atoms with E-state index in [-0.39, 0.29) is 29.3 Å². The Morgan fingerprint density at radius 1 is 1.26 bits per heavy atom. The zero-order valence-corrected chi connectivity index (χ0v) is 13.9. The van der Waals surface area contributed by atoms with Gasteiger partial charge >= 0.3 is 5.97 Å². The van der Waals surface area contributed by atoms with Crippen LogP contribution in [0.4, 0.5) is 11.4 Å². The van der Waals surface area contributed by atoms with Crippen molar-refractivity contribution >= 4 is 33.3 Å². The Hall–Kier alpha value is -2.13. The van der Waals surface area contributed by atoms with Gasteiger partial charge in [-0.05, 0) is 18.6 Å². The number of amides is 1. The van der Waals surface area contributed by atoms with E-state index in [1.807, 2.05) is 6.92 Å². The summed E-state index contributed by atoms with van der Waals surface area (Å²) < 4.78 is 23.3. The Bertz CT molecular complexity index is 715. The van der Waals surface area contributed by atoms with Gasteiger partial charge in [-0.15, -0.1) is 0 Å². The van der Waals surface area contributed by atoms with Crippen LogP contribution in [0.25, 0.3) is 0 Å². The Balaban J connectivity index is 3.61. The van der Waals surface area contributed by atoms with Gasteiger partial charge < -0.3 is 15.7 Å². The number of unbranched alkanes of at least 4 members (excludes halogenated alkanes) is 1. The average Bonchev–Trinajstić information content (AvgIpc) is 2.47. The third-order valence-corrected chi connectivity index (χ3v) is 4.25. The van der Waals surface area contributed by atoms with Crippen molar-refractivity contribution in [2.24, 2.45) is 5.14 Å². The van der Waals surface area contributed by atoms with Crippen molar-refractivity contribution in [1.29, 1.82) is 0 Å². The summed E-state index contributed by atoms with van der Waals surface area (Å²) in [7, 11) is -4.22. The van der Waals surface area contributed by atoms with Crippen molar-refractivity contribution in [3.63, 3.8) is 0 Å². The molecule has 1 aromatic carbocycles. The molecule has 0 spiro atoms. The SMILES string of the molecule is CCCCN(C(=O)CC)c1cc(C(=O)O)cc(S(N)(=O)=O)c1N. The molecule has 0 saturated carbocycles. The summed E-state index contributed by atoms with van der Waals surface area (Å²) in [5, 5.41) is 14.3. The molecule has 0 aromatic heterocycles. The van der Waals surface area contributed by atoms with Crippen molar-refractivity contribution in [3.05, 3.63) is 17.7 Å². The lowest BCUT2D eigenvalue weighted by atomic mass is 10.1. The Morgan fingerprint density at radius 2 is 1.87 bits per heavy atom. The lowest BCUT2D eigenvalue weighted by Crippen LogP contribution is -2.32. The molecule has 23 heavy (non-hydrogen) atoms. The van der Waals surface area contributed by atoms with Crippen LogP contribution >= 0.6 is 0 Å². The molecule has 0 atom stereocenters. The van der Waals surface area contributed by atoms with Gasteiger partial charge in [-0.2, -0.15) is 0 Å². The lowest BCUT2D eigenvalue weighted by Gasteiger charge is -2.25. The highest BCUT2D eigenvalue weighted by molar-refractivity contribution is 7.89. The Kier molecular flexibility index (Phi) is 6.11. The van der Waals surface area contributed by atoms with Gasteiger partial charge in [0.25, 0.3) is 0 Å². The summed E-state index contributed by atoms with van der Waals surface area (Å²) >= 11 is 0. The van der Waals surface area contributed by atoms with E-state index in [0.29, 0.717) is 13.0 Å². The van der Waals surface area contributed by atoms with E-state index in [2.05, 4.69) is 0 Å². The van der Waals surface area contributed by atoms with Gasteiger partial charge in [-0.3, -0.25) is 4.79 Å².